The van der Waals surface area contributed by atoms with E-state index < -0.39 is 0 Å². The summed E-state index contributed by atoms with van der Waals surface area (Å²) in [5.74, 6) is 0.935. The Bertz CT molecular complexity index is 406. The van der Waals surface area contributed by atoms with E-state index in [1.165, 1.54) is 0 Å². The van der Waals surface area contributed by atoms with Crippen molar-refractivity contribution >= 4 is 5.91 Å². The van der Waals surface area contributed by atoms with Gasteiger partial charge in [0.15, 0.2) is 0 Å². The summed E-state index contributed by atoms with van der Waals surface area (Å²) < 4.78 is 5.61. The van der Waals surface area contributed by atoms with Crippen LogP contribution in [0.1, 0.15) is 5.56 Å². The maximum atomic E-state index is 12.1. The lowest BCUT2D eigenvalue weighted by Gasteiger charge is -2.28. The van der Waals surface area contributed by atoms with Gasteiger partial charge in [-0.15, -0.1) is 0 Å². The van der Waals surface area contributed by atoms with Crippen LogP contribution in [-0.4, -0.2) is 37.6 Å². The molecule has 2 N–H and O–H groups in total. The third kappa shape index (κ3) is 2.58. The van der Waals surface area contributed by atoms with Crippen molar-refractivity contribution in [1.82, 2.24) is 4.90 Å². The number of amides is 1. The third-order valence-corrected chi connectivity index (χ3v) is 3.07. The first kappa shape index (κ1) is 11.9. The normalized spacial score (nSPS) is 18.1. The van der Waals surface area contributed by atoms with Crippen LogP contribution in [0, 0.1) is 5.92 Å². The Labute approximate surface area is 101 Å². The number of ether oxygens (including phenoxy) is 1. The summed E-state index contributed by atoms with van der Waals surface area (Å²) in [5.41, 5.74) is 6.56. The predicted molar refractivity (Wildman–Crippen MR) is 65.8 cm³/mol. The molecule has 0 aromatic heterocycles. The molecule has 0 spiro atoms. The fourth-order valence-corrected chi connectivity index (χ4v) is 2.10. The fraction of sp³-hybridized carbons (Fsp3) is 0.462. The molecular formula is C13H18N2O2. The Hall–Kier alpha value is -1.55. The zero-order valence-electron chi connectivity index (χ0n) is 10.1. The van der Waals surface area contributed by atoms with Gasteiger partial charge in [-0.05, 0) is 18.1 Å². The molecular weight excluding hydrogens is 216 g/mol. The smallest absolute Gasteiger partial charge is 0.229 e. The highest BCUT2D eigenvalue weighted by Crippen LogP contribution is 2.27. The van der Waals surface area contributed by atoms with E-state index in [4.69, 9.17) is 10.5 Å². The minimum Gasteiger partial charge on any atom is -0.492 e. The molecule has 4 nitrogen and oxygen atoms in total. The van der Waals surface area contributed by atoms with E-state index >= 15 is 0 Å². The number of benzene rings is 1. The standard InChI is InChI=1S/C13H18N2O2/c1-15(7-6-14)13(16)11-8-10-4-2-3-5-12(10)17-9-11/h2-5,11H,6-9,14H2,1H3. The van der Waals surface area contributed by atoms with Crippen LogP contribution >= 0.6 is 0 Å². The van der Waals surface area contributed by atoms with Crippen LogP contribution < -0.4 is 10.5 Å². The Morgan fingerprint density at radius 3 is 3.06 bits per heavy atom. The van der Waals surface area contributed by atoms with E-state index in [2.05, 4.69) is 0 Å². The predicted octanol–water partition coefficient (Wildman–Crippen LogP) is 0.655. The SMILES string of the molecule is CN(CCN)C(=O)C1COc2ccccc2C1. The summed E-state index contributed by atoms with van der Waals surface area (Å²) in [6.07, 6.45) is 0.754. The van der Waals surface area contributed by atoms with Gasteiger partial charge in [0.25, 0.3) is 0 Å². The van der Waals surface area contributed by atoms with Gasteiger partial charge in [0.1, 0.15) is 12.4 Å². The highest BCUT2D eigenvalue weighted by molar-refractivity contribution is 5.79. The number of hydrogen-bond donors (Lipinski definition) is 1. The van der Waals surface area contributed by atoms with E-state index in [0.717, 1.165) is 17.7 Å². The molecule has 92 valence electrons. The van der Waals surface area contributed by atoms with Crippen molar-refractivity contribution in [2.75, 3.05) is 26.7 Å². The van der Waals surface area contributed by atoms with Crippen molar-refractivity contribution in [1.29, 1.82) is 0 Å². The van der Waals surface area contributed by atoms with Crippen LogP contribution in [0.25, 0.3) is 0 Å². The van der Waals surface area contributed by atoms with Crippen molar-refractivity contribution < 1.29 is 9.53 Å². The molecule has 0 aliphatic carbocycles. The second-order valence-corrected chi connectivity index (χ2v) is 4.37. The number of para-hydroxylation sites is 1. The molecule has 2 rings (SSSR count). The van der Waals surface area contributed by atoms with E-state index in [-0.39, 0.29) is 11.8 Å². The van der Waals surface area contributed by atoms with Crippen LogP contribution in [0.5, 0.6) is 5.75 Å². The number of rotatable bonds is 3. The van der Waals surface area contributed by atoms with Crippen LogP contribution in [0.3, 0.4) is 0 Å². The lowest BCUT2D eigenvalue weighted by molar-refractivity contribution is -0.135. The van der Waals surface area contributed by atoms with Gasteiger partial charge in [0.2, 0.25) is 5.91 Å². The summed E-state index contributed by atoms with van der Waals surface area (Å²) in [4.78, 5) is 13.8. The quantitative estimate of drug-likeness (QED) is 0.835. The molecule has 1 unspecified atom stereocenters. The molecule has 1 aromatic carbocycles. The molecule has 1 heterocycles. The van der Waals surface area contributed by atoms with Crippen molar-refractivity contribution in [2.45, 2.75) is 6.42 Å². The van der Waals surface area contributed by atoms with Gasteiger partial charge in [-0.2, -0.15) is 0 Å². The highest BCUT2D eigenvalue weighted by atomic mass is 16.5. The molecule has 0 radical (unpaired) electrons. The summed E-state index contributed by atoms with van der Waals surface area (Å²) >= 11 is 0. The topological polar surface area (TPSA) is 55.6 Å². The molecule has 0 saturated heterocycles. The Morgan fingerprint density at radius 1 is 1.53 bits per heavy atom. The van der Waals surface area contributed by atoms with Crippen LogP contribution in [0.4, 0.5) is 0 Å². The van der Waals surface area contributed by atoms with Gasteiger partial charge < -0.3 is 15.4 Å². The first-order chi connectivity index (χ1) is 8.22. The molecule has 1 aromatic rings. The van der Waals surface area contributed by atoms with Gasteiger partial charge in [0.05, 0.1) is 5.92 Å². The number of fused-ring (bicyclic) bond motifs is 1. The summed E-state index contributed by atoms with van der Waals surface area (Å²) in [6, 6.07) is 7.87. The Kier molecular flexibility index (Phi) is 3.64. The minimum atomic E-state index is -0.0820. The van der Waals surface area contributed by atoms with Crippen LogP contribution in [0.15, 0.2) is 24.3 Å². The van der Waals surface area contributed by atoms with E-state index in [0.29, 0.717) is 19.7 Å². The van der Waals surface area contributed by atoms with E-state index in [1.54, 1.807) is 11.9 Å². The largest absolute Gasteiger partial charge is 0.492 e. The van der Waals surface area contributed by atoms with Gasteiger partial charge in [-0.1, -0.05) is 18.2 Å². The van der Waals surface area contributed by atoms with Gasteiger partial charge in [-0.25, -0.2) is 0 Å². The number of carbonyl (C=O) groups is 1. The number of carbonyl (C=O) groups excluding carboxylic acids is 1. The van der Waals surface area contributed by atoms with Gasteiger partial charge in [0, 0.05) is 20.1 Å². The molecule has 1 aliphatic heterocycles. The maximum absolute atomic E-state index is 12.1. The first-order valence-electron chi connectivity index (χ1n) is 5.88. The number of likely N-dealkylation sites (N-methyl/N-ethyl adjacent to an activating group) is 1. The lowest BCUT2D eigenvalue weighted by Crippen LogP contribution is -2.40. The van der Waals surface area contributed by atoms with Crippen LogP contribution in [-0.2, 0) is 11.2 Å². The van der Waals surface area contributed by atoms with Gasteiger partial charge in [-0.3, -0.25) is 4.79 Å². The fourth-order valence-electron chi connectivity index (χ4n) is 2.10. The molecule has 1 aliphatic rings. The molecule has 0 fully saturated rings. The van der Waals surface area contributed by atoms with Crippen molar-refractivity contribution in [3.63, 3.8) is 0 Å². The lowest BCUT2D eigenvalue weighted by atomic mass is 9.95. The van der Waals surface area contributed by atoms with Crippen LogP contribution in [0.2, 0.25) is 0 Å². The number of nitrogens with zero attached hydrogens (tertiary/aromatic N) is 1. The molecule has 1 atom stereocenters. The Balaban J connectivity index is 2.05. The van der Waals surface area contributed by atoms with Gasteiger partial charge >= 0.3 is 0 Å². The summed E-state index contributed by atoms with van der Waals surface area (Å²) in [6.45, 7) is 1.55. The van der Waals surface area contributed by atoms with E-state index in [1.807, 2.05) is 24.3 Å². The number of hydrogen-bond acceptors (Lipinski definition) is 3. The van der Waals surface area contributed by atoms with Crippen molar-refractivity contribution in [3.05, 3.63) is 29.8 Å². The third-order valence-electron chi connectivity index (χ3n) is 3.07. The average molecular weight is 234 g/mol. The second kappa shape index (κ2) is 5.19. The summed E-state index contributed by atoms with van der Waals surface area (Å²) in [5, 5.41) is 0. The van der Waals surface area contributed by atoms with Crippen molar-refractivity contribution in [3.8, 4) is 5.75 Å². The van der Waals surface area contributed by atoms with E-state index in [9.17, 15) is 4.79 Å². The summed E-state index contributed by atoms with van der Waals surface area (Å²) in [7, 11) is 1.79. The van der Waals surface area contributed by atoms with Crippen molar-refractivity contribution in [2.24, 2.45) is 11.7 Å². The first-order valence-corrected chi connectivity index (χ1v) is 5.88. The number of nitrogens with two attached hydrogens (primary N) is 1. The molecule has 0 bridgehead atoms. The molecule has 4 heteroatoms. The Morgan fingerprint density at radius 2 is 2.29 bits per heavy atom. The zero-order valence-corrected chi connectivity index (χ0v) is 10.1. The minimum absolute atomic E-state index is 0.0820. The highest BCUT2D eigenvalue weighted by Gasteiger charge is 2.27. The molecule has 1 amide bonds. The zero-order chi connectivity index (χ0) is 12.3. The maximum Gasteiger partial charge on any atom is 0.229 e. The average Bonchev–Trinajstić information content (AvgIpc) is 2.37. The molecule has 17 heavy (non-hydrogen) atoms. The second-order valence-electron chi connectivity index (χ2n) is 4.37. The molecule has 0 saturated carbocycles. The monoisotopic (exact) mass is 234 g/mol.